The third-order valence-electron chi connectivity index (χ3n) is 3.09. The van der Waals surface area contributed by atoms with E-state index in [0.717, 1.165) is 22.9 Å². The number of aldehydes is 1. The Morgan fingerprint density at radius 2 is 2.10 bits per heavy atom. The highest BCUT2D eigenvalue weighted by molar-refractivity contribution is 5.91. The highest BCUT2D eigenvalue weighted by Crippen LogP contribution is 2.25. The van der Waals surface area contributed by atoms with Gasteiger partial charge in [0, 0.05) is 29.5 Å². The Morgan fingerprint density at radius 3 is 2.90 bits per heavy atom. The van der Waals surface area contributed by atoms with Gasteiger partial charge in [0.1, 0.15) is 17.8 Å². The Labute approximate surface area is 121 Å². The summed E-state index contributed by atoms with van der Waals surface area (Å²) in [6, 6.07) is 5.58. The molecule has 6 nitrogen and oxygen atoms in total. The first-order valence-electron chi connectivity index (χ1n) is 6.59. The molecule has 21 heavy (non-hydrogen) atoms. The minimum atomic E-state index is -0.673. The maximum absolute atomic E-state index is 11.0. The fourth-order valence-corrected chi connectivity index (χ4v) is 2.06. The molecule has 0 fully saturated rings. The number of aromatic amines is 1. The smallest absolute Gasteiger partial charge is 0.163 e. The fraction of sp³-hybridized carbons (Fsp3) is 0.200. The normalized spacial score (nSPS) is 11.5. The number of pyridine rings is 1. The first kappa shape index (κ1) is 13.2. The molecule has 106 valence electrons. The number of hydrogen-bond acceptors (Lipinski definition) is 5. The molecule has 0 spiro atoms. The zero-order valence-corrected chi connectivity index (χ0v) is 11.8. The summed E-state index contributed by atoms with van der Waals surface area (Å²) in [5.41, 5.74) is 1.00. The second-order valence-electron chi connectivity index (χ2n) is 5.33. The predicted molar refractivity (Wildman–Crippen MR) is 80.9 cm³/mol. The number of anilines is 1. The van der Waals surface area contributed by atoms with Crippen molar-refractivity contribution < 1.29 is 4.79 Å². The summed E-state index contributed by atoms with van der Waals surface area (Å²) in [6.45, 7) is 3.58. The highest BCUT2D eigenvalue weighted by atomic mass is 16.1. The molecule has 0 bridgehead atoms. The molecule has 3 rings (SSSR count). The van der Waals surface area contributed by atoms with Crippen LogP contribution in [0.3, 0.4) is 0 Å². The average Bonchev–Trinajstić information content (AvgIpc) is 2.91. The van der Waals surface area contributed by atoms with E-state index in [2.05, 4.69) is 25.3 Å². The van der Waals surface area contributed by atoms with Gasteiger partial charge in [-0.15, -0.1) is 0 Å². The summed E-state index contributed by atoms with van der Waals surface area (Å²) in [4.78, 5) is 27.1. The van der Waals surface area contributed by atoms with Gasteiger partial charge in [0.15, 0.2) is 5.82 Å². The Balaban J connectivity index is 2.02. The van der Waals surface area contributed by atoms with Gasteiger partial charge >= 0.3 is 0 Å². The van der Waals surface area contributed by atoms with Crippen molar-refractivity contribution in [2.75, 3.05) is 5.32 Å². The van der Waals surface area contributed by atoms with Gasteiger partial charge in [0.2, 0.25) is 0 Å². The summed E-state index contributed by atoms with van der Waals surface area (Å²) in [7, 11) is 0. The third kappa shape index (κ3) is 2.60. The lowest BCUT2D eigenvalue weighted by molar-refractivity contribution is -0.110. The molecule has 3 heterocycles. The molecule has 3 aromatic rings. The van der Waals surface area contributed by atoms with Gasteiger partial charge in [-0.2, -0.15) is 0 Å². The van der Waals surface area contributed by atoms with E-state index in [-0.39, 0.29) is 0 Å². The van der Waals surface area contributed by atoms with Crippen molar-refractivity contribution in [3.8, 4) is 11.4 Å². The molecule has 0 amide bonds. The molecule has 0 aliphatic heterocycles. The number of aromatic nitrogens is 4. The van der Waals surface area contributed by atoms with Crippen molar-refractivity contribution >= 4 is 23.1 Å². The third-order valence-corrected chi connectivity index (χ3v) is 3.09. The van der Waals surface area contributed by atoms with E-state index in [9.17, 15) is 4.79 Å². The standard InChI is InChI=1S/C15H15N5O/c1-15(2,9-21)20-12-5-7-17-14(19-12)11-8-18-13-10(11)4-3-6-16-13/h3-9H,1-2H3,(H,16,18)(H,17,19,20). The van der Waals surface area contributed by atoms with E-state index in [0.29, 0.717) is 11.6 Å². The summed E-state index contributed by atoms with van der Waals surface area (Å²) in [5.74, 6) is 1.19. The van der Waals surface area contributed by atoms with E-state index in [1.165, 1.54) is 0 Å². The molecular formula is C15H15N5O. The molecule has 6 heteroatoms. The largest absolute Gasteiger partial charge is 0.358 e. The van der Waals surface area contributed by atoms with Crippen LogP contribution in [0.5, 0.6) is 0 Å². The van der Waals surface area contributed by atoms with E-state index in [1.807, 2.05) is 18.3 Å². The molecule has 0 saturated heterocycles. The number of nitrogens with one attached hydrogen (secondary N) is 2. The van der Waals surface area contributed by atoms with Gasteiger partial charge in [0.05, 0.1) is 5.54 Å². The zero-order chi connectivity index (χ0) is 14.9. The topological polar surface area (TPSA) is 83.6 Å². The van der Waals surface area contributed by atoms with E-state index in [4.69, 9.17) is 0 Å². The molecule has 0 atom stereocenters. The molecule has 3 aromatic heterocycles. The van der Waals surface area contributed by atoms with Crippen molar-refractivity contribution in [3.63, 3.8) is 0 Å². The van der Waals surface area contributed by atoms with Crippen molar-refractivity contribution in [3.05, 3.63) is 36.8 Å². The van der Waals surface area contributed by atoms with Crippen LogP contribution in [0, 0.1) is 0 Å². The van der Waals surface area contributed by atoms with Gasteiger partial charge in [-0.05, 0) is 32.0 Å². The SMILES string of the molecule is CC(C)(C=O)Nc1ccnc(-c2c[nH]c3ncccc23)n1. The second kappa shape index (κ2) is 4.97. The molecule has 0 aliphatic carbocycles. The number of carbonyl (C=O) groups excluding carboxylic acids is 1. The molecule has 0 aliphatic rings. The van der Waals surface area contributed by atoms with Gasteiger partial charge in [-0.25, -0.2) is 15.0 Å². The predicted octanol–water partition coefficient (Wildman–Crippen LogP) is 2.41. The lowest BCUT2D eigenvalue weighted by Crippen LogP contribution is -2.32. The zero-order valence-electron chi connectivity index (χ0n) is 11.8. The number of carbonyl (C=O) groups is 1. The number of hydrogen-bond donors (Lipinski definition) is 2. The maximum atomic E-state index is 11.0. The molecule has 2 N–H and O–H groups in total. The van der Waals surface area contributed by atoms with Crippen molar-refractivity contribution in [1.29, 1.82) is 0 Å². The summed E-state index contributed by atoms with van der Waals surface area (Å²) < 4.78 is 0. The van der Waals surface area contributed by atoms with Crippen LogP contribution in [-0.2, 0) is 4.79 Å². The van der Waals surface area contributed by atoms with Gasteiger partial charge < -0.3 is 15.1 Å². The summed E-state index contributed by atoms with van der Waals surface area (Å²) in [6.07, 6.45) is 6.08. The van der Waals surface area contributed by atoms with E-state index >= 15 is 0 Å². The van der Waals surface area contributed by atoms with Crippen LogP contribution in [0.25, 0.3) is 22.4 Å². The van der Waals surface area contributed by atoms with Crippen molar-refractivity contribution in [2.24, 2.45) is 0 Å². The molecule has 0 unspecified atom stereocenters. The Kier molecular flexibility index (Phi) is 3.13. The summed E-state index contributed by atoms with van der Waals surface area (Å²) in [5, 5.41) is 4.04. The lowest BCUT2D eigenvalue weighted by atomic mass is 10.1. The first-order valence-corrected chi connectivity index (χ1v) is 6.59. The van der Waals surface area contributed by atoms with E-state index in [1.54, 1.807) is 32.3 Å². The van der Waals surface area contributed by atoms with Crippen LogP contribution in [0.1, 0.15) is 13.8 Å². The Bertz CT molecular complexity index is 793. The highest BCUT2D eigenvalue weighted by Gasteiger charge is 2.17. The fourth-order valence-electron chi connectivity index (χ4n) is 2.06. The second-order valence-corrected chi connectivity index (χ2v) is 5.33. The van der Waals surface area contributed by atoms with Gasteiger partial charge in [-0.1, -0.05) is 0 Å². The van der Waals surface area contributed by atoms with Crippen LogP contribution in [0.15, 0.2) is 36.8 Å². The quantitative estimate of drug-likeness (QED) is 0.717. The molecule has 0 saturated carbocycles. The number of rotatable bonds is 4. The molecule has 0 aromatic carbocycles. The van der Waals surface area contributed by atoms with Crippen LogP contribution in [-0.4, -0.2) is 31.8 Å². The number of fused-ring (bicyclic) bond motifs is 1. The van der Waals surface area contributed by atoms with Crippen LogP contribution in [0.2, 0.25) is 0 Å². The average molecular weight is 281 g/mol. The molecular weight excluding hydrogens is 266 g/mol. The summed E-state index contributed by atoms with van der Waals surface area (Å²) >= 11 is 0. The van der Waals surface area contributed by atoms with Crippen molar-refractivity contribution in [2.45, 2.75) is 19.4 Å². The Morgan fingerprint density at radius 1 is 1.24 bits per heavy atom. The lowest BCUT2D eigenvalue weighted by Gasteiger charge is -2.19. The van der Waals surface area contributed by atoms with Gasteiger partial charge in [0.25, 0.3) is 0 Å². The van der Waals surface area contributed by atoms with Crippen LogP contribution in [0.4, 0.5) is 5.82 Å². The van der Waals surface area contributed by atoms with Crippen LogP contribution >= 0.6 is 0 Å². The minimum Gasteiger partial charge on any atom is -0.358 e. The Hall–Kier alpha value is -2.76. The van der Waals surface area contributed by atoms with E-state index < -0.39 is 5.54 Å². The van der Waals surface area contributed by atoms with Gasteiger partial charge in [-0.3, -0.25) is 0 Å². The number of nitrogens with zero attached hydrogens (tertiary/aromatic N) is 3. The minimum absolute atomic E-state index is 0.584. The maximum Gasteiger partial charge on any atom is 0.163 e. The van der Waals surface area contributed by atoms with Crippen molar-refractivity contribution in [1.82, 2.24) is 19.9 Å². The number of H-pyrrole nitrogens is 1. The molecule has 0 radical (unpaired) electrons. The van der Waals surface area contributed by atoms with Crippen LogP contribution < -0.4 is 5.32 Å². The first-order chi connectivity index (χ1) is 10.1. The monoisotopic (exact) mass is 281 g/mol.